The molecule has 0 aliphatic carbocycles. The van der Waals surface area contributed by atoms with E-state index in [1.165, 1.54) is 5.56 Å². The first-order valence-corrected chi connectivity index (χ1v) is 7.30. The molecule has 2 nitrogen and oxygen atoms in total. The van der Waals surface area contributed by atoms with E-state index in [4.69, 9.17) is 5.11 Å². The highest BCUT2D eigenvalue weighted by Crippen LogP contribution is 2.30. The van der Waals surface area contributed by atoms with Crippen molar-refractivity contribution in [2.24, 2.45) is 0 Å². The van der Waals surface area contributed by atoms with Gasteiger partial charge in [0, 0.05) is 0 Å². The molecule has 0 unspecified atom stereocenters. The van der Waals surface area contributed by atoms with Crippen LogP contribution in [0.1, 0.15) is 48.7 Å². The molecular formula is C19H22O2. The van der Waals surface area contributed by atoms with Crippen molar-refractivity contribution in [3.8, 4) is 11.1 Å². The Morgan fingerprint density at radius 1 is 1.10 bits per heavy atom. The molecule has 0 saturated carbocycles. The molecule has 2 aromatic rings. The minimum absolute atomic E-state index is 0.163. The Bertz CT molecular complexity index is 652. The van der Waals surface area contributed by atoms with Crippen LogP contribution in [0.25, 0.3) is 11.1 Å². The SMILES string of the molecule is CCC(C)(C)c1ccc(-c2cc(C(=O)O)ccc2C)cc1. The van der Waals surface area contributed by atoms with E-state index >= 15 is 0 Å². The molecule has 0 bridgehead atoms. The predicted molar refractivity (Wildman–Crippen MR) is 86.9 cm³/mol. The van der Waals surface area contributed by atoms with Crippen molar-refractivity contribution in [1.82, 2.24) is 0 Å². The van der Waals surface area contributed by atoms with Crippen LogP contribution in [0, 0.1) is 6.92 Å². The zero-order valence-corrected chi connectivity index (χ0v) is 13.1. The molecule has 0 amide bonds. The highest BCUT2D eigenvalue weighted by Gasteiger charge is 2.17. The molecule has 0 atom stereocenters. The Labute approximate surface area is 126 Å². The number of rotatable bonds is 4. The zero-order chi connectivity index (χ0) is 15.6. The molecular weight excluding hydrogens is 260 g/mol. The fourth-order valence-corrected chi connectivity index (χ4v) is 2.37. The van der Waals surface area contributed by atoms with Crippen molar-refractivity contribution in [1.29, 1.82) is 0 Å². The smallest absolute Gasteiger partial charge is 0.335 e. The summed E-state index contributed by atoms with van der Waals surface area (Å²) in [4.78, 5) is 11.1. The summed E-state index contributed by atoms with van der Waals surface area (Å²) in [6, 6.07) is 13.7. The van der Waals surface area contributed by atoms with Crippen LogP contribution in [-0.2, 0) is 5.41 Å². The van der Waals surface area contributed by atoms with Crippen molar-refractivity contribution in [2.75, 3.05) is 0 Å². The zero-order valence-electron chi connectivity index (χ0n) is 13.1. The van der Waals surface area contributed by atoms with Crippen molar-refractivity contribution in [3.05, 3.63) is 59.2 Å². The molecule has 2 heteroatoms. The van der Waals surface area contributed by atoms with E-state index in [1.807, 2.05) is 13.0 Å². The van der Waals surface area contributed by atoms with Gasteiger partial charge in [0.1, 0.15) is 0 Å². The first kappa shape index (κ1) is 15.3. The standard InChI is InChI=1S/C19H22O2/c1-5-19(3,4)16-10-8-14(9-11-16)17-12-15(18(20)21)7-6-13(17)2/h6-12H,5H2,1-4H3,(H,20,21). The Hall–Kier alpha value is -2.09. The second-order valence-corrected chi connectivity index (χ2v) is 6.15. The van der Waals surface area contributed by atoms with Gasteiger partial charge < -0.3 is 5.11 Å². The van der Waals surface area contributed by atoms with Gasteiger partial charge in [0.15, 0.2) is 0 Å². The number of hydrogen-bond acceptors (Lipinski definition) is 1. The lowest BCUT2D eigenvalue weighted by atomic mass is 9.81. The molecule has 1 N–H and O–H groups in total. The Morgan fingerprint density at radius 3 is 2.24 bits per heavy atom. The molecule has 0 radical (unpaired) electrons. The highest BCUT2D eigenvalue weighted by atomic mass is 16.4. The van der Waals surface area contributed by atoms with Gasteiger partial charge in [-0.05, 0) is 53.1 Å². The number of benzene rings is 2. The third-order valence-electron chi connectivity index (χ3n) is 4.35. The second kappa shape index (κ2) is 5.72. The van der Waals surface area contributed by atoms with Gasteiger partial charge in [-0.25, -0.2) is 4.79 Å². The first-order valence-electron chi connectivity index (χ1n) is 7.30. The number of aromatic carboxylic acids is 1. The summed E-state index contributed by atoms with van der Waals surface area (Å²) in [5, 5.41) is 9.13. The van der Waals surface area contributed by atoms with E-state index in [1.54, 1.807) is 12.1 Å². The highest BCUT2D eigenvalue weighted by molar-refractivity contribution is 5.90. The monoisotopic (exact) mass is 282 g/mol. The normalized spacial score (nSPS) is 11.4. The van der Waals surface area contributed by atoms with Crippen LogP contribution in [0.5, 0.6) is 0 Å². The Morgan fingerprint density at radius 2 is 1.71 bits per heavy atom. The average Bonchev–Trinajstić information content (AvgIpc) is 2.47. The summed E-state index contributed by atoms with van der Waals surface area (Å²) >= 11 is 0. The van der Waals surface area contributed by atoms with E-state index in [9.17, 15) is 4.79 Å². The number of carbonyl (C=O) groups is 1. The van der Waals surface area contributed by atoms with E-state index < -0.39 is 5.97 Å². The second-order valence-electron chi connectivity index (χ2n) is 6.15. The summed E-state index contributed by atoms with van der Waals surface area (Å²) in [6.45, 7) is 8.66. The van der Waals surface area contributed by atoms with Crippen LogP contribution in [-0.4, -0.2) is 11.1 Å². The van der Waals surface area contributed by atoms with Crippen LogP contribution >= 0.6 is 0 Å². The van der Waals surface area contributed by atoms with E-state index in [-0.39, 0.29) is 5.41 Å². The third kappa shape index (κ3) is 3.15. The minimum atomic E-state index is -0.889. The van der Waals surface area contributed by atoms with Gasteiger partial charge in [-0.1, -0.05) is 51.1 Å². The van der Waals surface area contributed by atoms with Crippen LogP contribution in [0.2, 0.25) is 0 Å². The quantitative estimate of drug-likeness (QED) is 0.852. The van der Waals surface area contributed by atoms with Crippen LogP contribution in [0.4, 0.5) is 0 Å². The number of hydrogen-bond donors (Lipinski definition) is 1. The lowest BCUT2D eigenvalue weighted by Gasteiger charge is -2.23. The molecule has 0 aromatic heterocycles. The topological polar surface area (TPSA) is 37.3 Å². The maximum atomic E-state index is 11.1. The molecule has 0 heterocycles. The van der Waals surface area contributed by atoms with Crippen LogP contribution in [0.15, 0.2) is 42.5 Å². The van der Waals surface area contributed by atoms with Gasteiger partial charge >= 0.3 is 5.97 Å². The van der Waals surface area contributed by atoms with Crippen molar-refractivity contribution in [3.63, 3.8) is 0 Å². The summed E-state index contributed by atoms with van der Waals surface area (Å²) in [7, 11) is 0. The van der Waals surface area contributed by atoms with Crippen LogP contribution in [0.3, 0.4) is 0 Å². The van der Waals surface area contributed by atoms with Gasteiger partial charge in [-0.15, -0.1) is 0 Å². The van der Waals surface area contributed by atoms with Gasteiger partial charge in [0.2, 0.25) is 0 Å². The van der Waals surface area contributed by atoms with Crippen molar-refractivity contribution in [2.45, 2.75) is 39.5 Å². The molecule has 21 heavy (non-hydrogen) atoms. The number of aryl methyl sites for hydroxylation is 1. The van der Waals surface area contributed by atoms with Gasteiger partial charge in [-0.2, -0.15) is 0 Å². The van der Waals surface area contributed by atoms with Gasteiger partial charge in [0.25, 0.3) is 0 Å². The number of carboxylic acid groups (broad SMARTS) is 1. The summed E-state index contributed by atoms with van der Waals surface area (Å²) in [5.41, 5.74) is 4.93. The lowest BCUT2D eigenvalue weighted by molar-refractivity contribution is 0.0697. The Balaban J connectivity index is 2.44. The van der Waals surface area contributed by atoms with Crippen molar-refractivity contribution < 1.29 is 9.90 Å². The molecule has 110 valence electrons. The van der Waals surface area contributed by atoms with E-state index in [0.29, 0.717) is 5.56 Å². The molecule has 2 rings (SSSR count). The van der Waals surface area contributed by atoms with E-state index in [2.05, 4.69) is 45.0 Å². The maximum Gasteiger partial charge on any atom is 0.335 e. The summed E-state index contributed by atoms with van der Waals surface area (Å²) in [5.74, 6) is -0.889. The maximum absolute atomic E-state index is 11.1. The fourth-order valence-electron chi connectivity index (χ4n) is 2.37. The molecule has 0 aliphatic rings. The molecule has 0 spiro atoms. The largest absolute Gasteiger partial charge is 0.478 e. The van der Waals surface area contributed by atoms with Crippen molar-refractivity contribution >= 4 is 5.97 Å². The summed E-state index contributed by atoms with van der Waals surface area (Å²) < 4.78 is 0. The molecule has 0 saturated heterocycles. The minimum Gasteiger partial charge on any atom is -0.478 e. The van der Waals surface area contributed by atoms with E-state index in [0.717, 1.165) is 23.1 Å². The summed E-state index contributed by atoms with van der Waals surface area (Å²) in [6.07, 6.45) is 1.08. The fraction of sp³-hybridized carbons (Fsp3) is 0.316. The average molecular weight is 282 g/mol. The Kier molecular flexibility index (Phi) is 4.17. The first-order chi connectivity index (χ1) is 9.85. The molecule has 0 fully saturated rings. The number of carboxylic acids is 1. The third-order valence-corrected chi connectivity index (χ3v) is 4.35. The molecule has 2 aromatic carbocycles. The van der Waals surface area contributed by atoms with Gasteiger partial charge in [0.05, 0.1) is 5.56 Å². The lowest BCUT2D eigenvalue weighted by Crippen LogP contribution is -2.14. The van der Waals surface area contributed by atoms with Gasteiger partial charge in [-0.3, -0.25) is 0 Å². The predicted octanol–water partition coefficient (Wildman–Crippen LogP) is 5.05. The van der Waals surface area contributed by atoms with Crippen LogP contribution < -0.4 is 0 Å². The molecule has 0 aliphatic heterocycles.